The van der Waals surface area contributed by atoms with Crippen LogP contribution in [0.2, 0.25) is 12.1 Å². The number of imide groups is 2. The number of benzene rings is 2. The van der Waals surface area contributed by atoms with Crippen molar-refractivity contribution in [3.8, 4) is 0 Å². The van der Waals surface area contributed by atoms with Gasteiger partial charge in [0.15, 0.2) is 0 Å². The van der Waals surface area contributed by atoms with Crippen molar-refractivity contribution in [3.05, 3.63) is 59.7 Å². The van der Waals surface area contributed by atoms with Crippen LogP contribution in [-0.2, 0) is 33.0 Å². The van der Waals surface area contributed by atoms with Gasteiger partial charge in [0.2, 0.25) is 0 Å². The van der Waals surface area contributed by atoms with Gasteiger partial charge in [-0.25, -0.2) is 29.0 Å². The minimum atomic E-state index is -2.92. The number of rotatable bonds is 30. The number of nitrogens with one attached hydrogen (secondary N) is 4. The SMILES string of the molecule is CCCCNC(=O)N(C(=O)NCCCC)c1ccc(Cc2ccc(N(C(=O)NCCC[Si](OCC)(OCC)OCC)C(=O)NCCC[Si](OCC)(OCC)OCC)cc2)cc1. The Morgan fingerprint density at radius 1 is 0.426 bits per heavy atom. The number of urea groups is 4. The zero-order valence-electron chi connectivity index (χ0n) is 38.0. The Morgan fingerprint density at radius 2 is 0.689 bits per heavy atom. The molecule has 0 radical (unpaired) electrons. The lowest BCUT2D eigenvalue weighted by Gasteiger charge is -2.29. The predicted octanol–water partition coefficient (Wildman–Crippen LogP) is 8.21. The lowest BCUT2D eigenvalue weighted by molar-refractivity contribution is 0.0701. The first kappa shape index (κ1) is 53.3. The van der Waals surface area contributed by atoms with Crippen LogP contribution < -0.4 is 31.1 Å². The molecule has 2 aromatic carbocycles. The highest BCUT2D eigenvalue weighted by molar-refractivity contribution is 6.61. The molecule has 0 fully saturated rings. The largest absolute Gasteiger partial charge is 0.500 e. The maximum atomic E-state index is 13.8. The summed E-state index contributed by atoms with van der Waals surface area (Å²) in [6, 6.07) is 13.4. The predicted molar refractivity (Wildman–Crippen MR) is 244 cm³/mol. The third-order valence-corrected chi connectivity index (χ3v) is 15.6. The van der Waals surface area contributed by atoms with Crippen molar-refractivity contribution in [1.29, 1.82) is 0 Å². The number of amides is 8. The molecule has 0 aliphatic rings. The van der Waals surface area contributed by atoms with Crippen molar-refractivity contribution in [2.24, 2.45) is 0 Å². The second-order valence-corrected chi connectivity index (χ2v) is 19.5. The number of unbranched alkanes of at least 4 members (excludes halogenated alkanes) is 2. The first-order chi connectivity index (χ1) is 29.5. The summed E-state index contributed by atoms with van der Waals surface area (Å²) in [6.07, 6.45) is 5.03. The quantitative estimate of drug-likeness (QED) is 0.0442. The Bertz CT molecular complexity index is 1460. The van der Waals surface area contributed by atoms with Gasteiger partial charge < -0.3 is 47.8 Å². The van der Waals surface area contributed by atoms with E-state index in [-0.39, 0.29) is 13.1 Å². The van der Waals surface area contributed by atoms with Crippen LogP contribution in [-0.4, -0.2) is 108 Å². The number of nitrogens with zero attached hydrogens (tertiary/aromatic N) is 2. The molecule has 18 heteroatoms. The van der Waals surface area contributed by atoms with Crippen LogP contribution in [0.1, 0.15) is 105 Å². The van der Waals surface area contributed by atoms with Gasteiger partial charge in [0.1, 0.15) is 0 Å². The maximum Gasteiger partial charge on any atom is 0.500 e. The third kappa shape index (κ3) is 18.6. The van der Waals surface area contributed by atoms with Gasteiger partial charge in [-0.15, -0.1) is 0 Å². The van der Waals surface area contributed by atoms with E-state index in [1.165, 1.54) is 0 Å². The van der Waals surface area contributed by atoms with Gasteiger partial charge in [0.05, 0.1) is 11.4 Å². The molecule has 2 rings (SSSR count). The second-order valence-electron chi connectivity index (χ2n) is 14.0. The number of carbonyl (C=O) groups is 4. The minimum absolute atomic E-state index is 0.266. The number of carbonyl (C=O) groups excluding carboxylic acids is 4. The molecular weight excluding hydrogens is 817 g/mol. The molecule has 344 valence electrons. The van der Waals surface area contributed by atoms with Gasteiger partial charge in [0.25, 0.3) is 0 Å². The summed E-state index contributed by atoms with van der Waals surface area (Å²) in [6.45, 7) is 19.6. The Kier molecular flexibility index (Phi) is 26.4. The molecule has 0 spiro atoms. The molecule has 0 atom stereocenters. The molecule has 16 nitrogen and oxygen atoms in total. The van der Waals surface area contributed by atoms with E-state index < -0.39 is 41.7 Å². The molecule has 0 unspecified atom stereocenters. The normalized spacial score (nSPS) is 11.5. The van der Waals surface area contributed by atoms with Crippen molar-refractivity contribution in [1.82, 2.24) is 21.3 Å². The first-order valence-corrected chi connectivity index (χ1v) is 26.1. The highest BCUT2D eigenvalue weighted by Crippen LogP contribution is 2.23. The number of hydrogen-bond donors (Lipinski definition) is 4. The van der Waals surface area contributed by atoms with E-state index in [1.807, 2.05) is 79.7 Å². The van der Waals surface area contributed by atoms with Gasteiger partial charge in [0, 0.05) is 77.9 Å². The maximum absolute atomic E-state index is 13.8. The van der Waals surface area contributed by atoms with Crippen molar-refractivity contribution >= 4 is 53.1 Å². The van der Waals surface area contributed by atoms with E-state index >= 15 is 0 Å². The van der Waals surface area contributed by atoms with Crippen molar-refractivity contribution in [2.45, 2.75) is 112 Å². The zero-order chi connectivity index (χ0) is 44.9. The van der Waals surface area contributed by atoms with E-state index in [4.69, 9.17) is 26.6 Å². The van der Waals surface area contributed by atoms with Gasteiger partial charge in [-0.2, -0.15) is 0 Å². The molecule has 0 aliphatic carbocycles. The van der Waals surface area contributed by atoms with E-state index in [1.54, 1.807) is 24.3 Å². The van der Waals surface area contributed by atoms with Crippen molar-refractivity contribution < 1.29 is 45.7 Å². The van der Waals surface area contributed by atoms with E-state index in [9.17, 15) is 19.2 Å². The van der Waals surface area contributed by atoms with Crippen LogP contribution in [0.5, 0.6) is 0 Å². The smallest absolute Gasteiger partial charge is 0.374 e. The molecule has 4 N–H and O–H groups in total. The third-order valence-electron chi connectivity index (χ3n) is 9.28. The summed E-state index contributed by atoms with van der Waals surface area (Å²) in [5.74, 6) is 0. The highest BCUT2D eigenvalue weighted by Gasteiger charge is 2.41. The highest BCUT2D eigenvalue weighted by atomic mass is 28.4. The Balaban J connectivity index is 2.27. The summed E-state index contributed by atoms with van der Waals surface area (Å²) in [7, 11) is -5.83. The van der Waals surface area contributed by atoms with Gasteiger partial charge in [-0.05, 0) is 109 Å². The minimum Gasteiger partial charge on any atom is -0.374 e. The molecule has 0 saturated heterocycles. The summed E-state index contributed by atoms with van der Waals surface area (Å²) in [4.78, 5) is 56.0. The summed E-state index contributed by atoms with van der Waals surface area (Å²) in [5.41, 5.74) is 2.71. The van der Waals surface area contributed by atoms with Crippen LogP contribution in [0.4, 0.5) is 30.6 Å². The van der Waals surface area contributed by atoms with Crippen LogP contribution in [0, 0.1) is 0 Å². The van der Waals surface area contributed by atoms with Gasteiger partial charge >= 0.3 is 41.7 Å². The molecule has 0 aromatic heterocycles. The first-order valence-electron chi connectivity index (χ1n) is 22.2. The van der Waals surface area contributed by atoms with Crippen LogP contribution in [0.15, 0.2) is 48.5 Å². The standard InChI is InChI=1S/C43H74N6O10Si2/c1-9-17-29-44-40(50)48(41(51)45-30-18-10-2)38-25-21-36(22-26-38)35-37-23-27-39(28-24-37)49(42(52)46-31-19-33-60(54-11-3,55-12-4)56-13-5)43(53)47-32-20-34-61(57-14-6,58-15-7)59-16-8/h21-28H,9-20,29-35H2,1-8H3,(H,44,50)(H,45,51)(H,46,52)(H,47,53). The lowest BCUT2D eigenvalue weighted by atomic mass is 10.0. The average Bonchev–Trinajstić information content (AvgIpc) is 3.23. The monoisotopic (exact) mass is 891 g/mol. The molecule has 2 aromatic rings. The summed E-state index contributed by atoms with van der Waals surface area (Å²) in [5, 5.41) is 11.5. The molecule has 61 heavy (non-hydrogen) atoms. The molecule has 0 aliphatic heterocycles. The van der Waals surface area contributed by atoms with Crippen LogP contribution in [0.25, 0.3) is 0 Å². The lowest BCUT2D eigenvalue weighted by Crippen LogP contribution is -2.50. The summed E-state index contributed by atoms with van der Waals surface area (Å²) < 4.78 is 35.8. The fourth-order valence-electron chi connectivity index (χ4n) is 6.48. The molecule has 0 saturated carbocycles. The Hall–Kier alpha value is -3.89. The fourth-order valence-corrected chi connectivity index (χ4v) is 11.7. The molecule has 8 amide bonds. The van der Waals surface area contributed by atoms with Crippen molar-refractivity contribution in [3.63, 3.8) is 0 Å². The van der Waals surface area contributed by atoms with E-state index in [0.29, 0.717) is 95.5 Å². The van der Waals surface area contributed by atoms with Crippen LogP contribution >= 0.6 is 0 Å². The molecule has 0 heterocycles. The number of anilines is 2. The van der Waals surface area contributed by atoms with Gasteiger partial charge in [-0.1, -0.05) is 51.0 Å². The summed E-state index contributed by atoms with van der Waals surface area (Å²) >= 11 is 0. The van der Waals surface area contributed by atoms with E-state index in [0.717, 1.165) is 46.6 Å². The molecule has 0 bridgehead atoms. The average molecular weight is 891 g/mol. The van der Waals surface area contributed by atoms with Crippen molar-refractivity contribution in [2.75, 3.05) is 75.6 Å². The Labute approximate surface area is 366 Å². The van der Waals surface area contributed by atoms with Crippen LogP contribution in [0.3, 0.4) is 0 Å². The second kappa shape index (κ2) is 30.2. The van der Waals surface area contributed by atoms with Gasteiger partial charge in [-0.3, -0.25) is 0 Å². The topological polar surface area (TPSA) is 178 Å². The molecular formula is C43H74N6O10Si2. The Morgan fingerprint density at radius 3 is 0.934 bits per heavy atom. The number of hydrogen-bond acceptors (Lipinski definition) is 10. The fraction of sp³-hybridized carbons (Fsp3) is 0.628. The zero-order valence-corrected chi connectivity index (χ0v) is 40.0. The van der Waals surface area contributed by atoms with E-state index in [2.05, 4.69) is 21.3 Å².